The molecule has 0 unspecified atom stereocenters. The van der Waals surface area contributed by atoms with Crippen LogP contribution in [0.3, 0.4) is 0 Å². The SMILES string of the molecule is N#Cc1cnc(-c2nc(CC(=O)O)cs2)c(O)c1. The number of aromatic hydroxyl groups is 1. The Hall–Kier alpha value is -2.46. The fourth-order valence-corrected chi connectivity index (χ4v) is 2.15. The number of nitrogens with zero attached hydrogens (tertiary/aromatic N) is 3. The minimum absolute atomic E-state index is 0.148. The zero-order valence-electron chi connectivity index (χ0n) is 8.99. The molecule has 2 rings (SSSR count). The summed E-state index contributed by atoms with van der Waals surface area (Å²) in [7, 11) is 0. The quantitative estimate of drug-likeness (QED) is 0.864. The van der Waals surface area contributed by atoms with Crippen molar-refractivity contribution in [1.82, 2.24) is 9.97 Å². The molecule has 7 heteroatoms. The van der Waals surface area contributed by atoms with Gasteiger partial charge >= 0.3 is 5.97 Å². The number of nitriles is 1. The van der Waals surface area contributed by atoms with Crippen molar-refractivity contribution in [2.45, 2.75) is 6.42 Å². The van der Waals surface area contributed by atoms with Gasteiger partial charge < -0.3 is 10.2 Å². The van der Waals surface area contributed by atoms with Gasteiger partial charge in [0.15, 0.2) is 0 Å². The first-order valence-corrected chi connectivity index (χ1v) is 5.74. The minimum Gasteiger partial charge on any atom is -0.506 e. The Morgan fingerprint density at radius 1 is 1.56 bits per heavy atom. The third-order valence-corrected chi connectivity index (χ3v) is 2.98. The monoisotopic (exact) mass is 261 g/mol. The molecule has 6 nitrogen and oxygen atoms in total. The van der Waals surface area contributed by atoms with Crippen LogP contribution in [-0.4, -0.2) is 26.2 Å². The maximum atomic E-state index is 10.5. The largest absolute Gasteiger partial charge is 0.506 e. The van der Waals surface area contributed by atoms with Crippen LogP contribution < -0.4 is 0 Å². The van der Waals surface area contributed by atoms with Crippen LogP contribution in [0.2, 0.25) is 0 Å². The second kappa shape index (κ2) is 4.81. The van der Waals surface area contributed by atoms with E-state index in [4.69, 9.17) is 10.4 Å². The van der Waals surface area contributed by atoms with Gasteiger partial charge in [0.05, 0.1) is 17.7 Å². The smallest absolute Gasteiger partial charge is 0.309 e. The van der Waals surface area contributed by atoms with Crippen LogP contribution in [0.1, 0.15) is 11.3 Å². The molecule has 0 saturated carbocycles. The number of rotatable bonds is 3. The predicted octanol–water partition coefficient (Wildman–Crippen LogP) is 1.41. The molecule has 90 valence electrons. The van der Waals surface area contributed by atoms with E-state index in [1.165, 1.54) is 23.6 Å². The van der Waals surface area contributed by atoms with Gasteiger partial charge in [-0.3, -0.25) is 4.79 Å². The zero-order valence-corrected chi connectivity index (χ0v) is 9.81. The predicted molar refractivity (Wildman–Crippen MR) is 63.1 cm³/mol. The molecule has 0 aliphatic heterocycles. The number of thiazole rings is 1. The van der Waals surface area contributed by atoms with Crippen molar-refractivity contribution < 1.29 is 15.0 Å². The molecular formula is C11H7N3O3S. The van der Waals surface area contributed by atoms with Gasteiger partial charge in [-0.2, -0.15) is 5.26 Å². The lowest BCUT2D eigenvalue weighted by Crippen LogP contribution is -2.00. The van der Waals surface area contributed by atoms with Crippen LogP contribution in [0.5, 0.6) is 5.75 Å². The average molecular weight is 261 g/mol. The maximum absolute atomic E-state index is 10.5. The Kier molecular flexibility index (Phi) is 3.21. The summed E-state index contributed by atoms with van der Waals surface area (Å²) in [4.78, 5) is 18.5. The Bertz CT molecular complexity index is 645. The first kappa shape index (κ1) is 12.0. The highest BCUT2D eigenvalue weighted by Gasteiger charge is 2.13. The normalized spacial score (nSPS) is 9.94. The van der Waals surface area contributed by atoms with Crippen molar-refractivity contribution in [2.24, 2.45) is 0 Å². The molecule has 0 radical (unpaired) electrons. The second-order valence-electron chi connectivity index (χ2n) is 3.42. The summed E-state index contributed by atoms with van der Waals surface area (Å²) in [6.45, 7) is 0. The van der Waals surface area contributed by atoms with Gasteiger partial charge in [-0.25, -0.2) is 9.97 Å². The van der Waals surface area contributed by atoms with E-state index >= 15 is 0 Å². The highest BCUT2D eigenvalue weighted by molar-refractivity contribution is 7.13. The molecule has 2 heterocycles. The zero-order chi connectivity index (χ0) is 13.1. The summed E-state index contributed by atoms with van der Waals surface area (Å²) < 4.78 is 0. The number of carboxylic acid groups (broad SMARTS) is 1. The molecular weight excluding hydrogens is 254 g/mol. The molecule has 18 heavy (non-hydrogen) atoms. The topological polar surface area (TPSA) is 107 Å². The first-order chi connectivity index (χ1) is 8.60. The fraction of sp³-hybridized carbons (Fsp3) is 0.0909. The minimum atomic E-state index is -0.969. The number of hydrogen-bond acceptors (Lipinski definition) is 6. The van der Waals surface area contributed by atoms with Crippen molar-refractivity contribution >= 4 is 17.3 Å². The summed E-state index contributed by atoms with van der Waals surface area (Å²) in [5.74, 6) is -1.12. The third kappa shape index (κ3) is 2.44. The van der Waals surface area contributed by atoms with E-state index in [-0.39, 0.29) is 23.4 Å². The van der Waals surface area contributed by atoms with Crippen LogP contribution in [0.4, 0.5) is 0 Å². The summed E-state index contributed by atoms with van der Waals surface area (Å²) in [6, 6.07) is 3.15. The average Bonchev–Trinajstić information content (AvgIpc) is 2.76. The van der Waals surface area contributed by atoms with E-state index in [0.29, 0.717) is 10.7 Å². The summed E-state index contributed by atoms with van der Waals surface area (Å²) >= 11 is 1.19. The molecule has 0 spiro atoms. The standard InChI is InChI=1S/C11H7N3O3S/c12-3-6-1-8(15)10(13-4-6)11-14-7(5-18-11)2-9(16)17/h1,4-5,15H,2H2,(H,16,17). The molecule has 0 aromatic carbocycles. The molecule has 2 N–H and O–H groups in total. The summed E-state index contributed by atoms with van der Waals surface area (Å²) in [5.41, 5.74) is 0.905. The highest BCUT2D eigenvalue weighted by atomic mass is 32.1. The van der Waals surface area contributed by atoms with Gasteiger partial charge in [0.2, 0.25) is 0 Å². The van der Waals surface area contributed by atoms with Crippen LogP contribution in [-0.2, 0) is 11.2 Å². The number of carbonyl (C=O) groups is 1. The number of aliphatic carboxylic acids is 1. The molecule has 0 saturated heterocycles. The Balaban J connectivity index is 2.34. The van der Waals surface area contributed by atoms with Gasteiger partial charge in [-0.1, -0.05) is 0 Å². The van der Waals surface area contributed by atoms with Crippen molar-refractivity contribution in [3.63, 3.8) is 0 Å². The van der Waals surface area contributed by atoms with Gasteiger partial charge in [-0.15, -0.1) is 11.3 Å². The van der Waals surface area contributed by atoms with E-state index in [1.807, 2.05) is 6.07 Å². The van der Waals surface area contributed by atoms with Crippen LogP contribution >= 0.6 is 11.3 Å². The van der Waals surface area contributed by atoms with Gasteiger partial charge in [0, 0.05) is 17.6 Å². The molecule has 0 aliphatic rings. The van der Waals surface area contributed by atoms with Gasteiger partial charge in [-0.05, 0) is 0 Å². The van der Waals surface area contributed by atoms with E-state index < -0.39 is 5.97 Å². The van der Waals surface area contributed by atoms with E-state index in [0.717, 1.165) is 0 Å². The van der Waals surface area contributed by atoms with Crippen molar-refractivity contribution in [1.29, 1.82) is 5.26 Å². The Morgan fingerprint density at radius 2 is 2.33 bits per heavy atom. The number of aromatic nitrogens is 2. The van der Waals surface area contributed by atoms with Crippen molar-refractivity contribution in [2.75, 3.05) is 0 Å². The Labute approximate surface area is 106 Å². The molecule has 0 atom stereocenters. The lowest BCUT2D eigenvalue weighted by Gasteiger charge is -1.99. The van der Waals surface area contributed by atoms with Crippen LogP contribution in [0.25, 0.3) is 10.7 Å². The summed E-state index contributed by atoms with van der Waals surface area (Å²) in [6.07, 6.45) is 1.15. The number of carboxylic acids is 1. The molecule has 0 bridgehead atoms. The van der Waals surface area contributed by atoms with Crippen molar-refractivity contribution in [3.05, 3.63) is 28.9 Å². The third-order valence-electron chi connectivity index (χ3n) is 2.08. The summed E-state index contributed by atoms with van der Waals surface area (Å²) in [5, 5.41) is 29.0. The van der Waals surface area contributed by atoms with E-state index in [2.05, 4.69) is 9.97 Å². The van der Waals surface area contributed by atoms with Gasteiger partial charge in [0.1, 0.15) is 22.5 Å². The molecule has 0 aliphatic carbocycles. The highest BCUT2D eigenvalue weighted by Crippen LogP contribution is 2.29. The number of hydrogen-bond donors (Lipinski definition) is 2. The van der Waals surface area contributed by atoms with Crippen LogP contribution in [0, 0.1) is 11.3 Å². The lowest BCUT2D eigenvalue weighted by atomic mass is 10.2. The van der Waals surface area contributed by atoms with Gasteiger partial charge in [0.25, 0.3) is 0 Å². The first-order valence-electron chi connectivity index (χ1n) is 4.86. The van der Waals surface area contributed by atoms with Crippen molar-refractivity contribution in [3.8, 4) is 22.5 Å². The molecule has 0 amide bonds. The molecule has 0 fully saturated rings. The van der Waals surface area contributed by atoms with E-state index in [1.54, 1.807) is 5.38 Å². The molecule has 2 aromatic rings. The maximum Gasteiger partial charge on any atom is 0.309 e. The molecule has 2 aromatic heterocycles. The number of pyridine rings is 1. The van der Waals surface area contributed by atoms with E-state index in [9.17, 15) is 9.90 Å². The fourth-order valence-electron chi connectivity index (χ4n) is 1.33. The lowest BCUT2D eigenvalue weighted by molar-refractivity contribution is -0.136. The Morgan fingerprint density at radius 3 is 2.94 bits per heavy atom. The second-order valence-corrected chi connectivity index (χ2v) is 4.28. The van der Waals surface area contributed by atoms with Crippen LogP contribution in [0.15, 0.2) is 17.6 Å².